The van der Waals surface area contributed by atoms with Crippen molar-refractivity contribution in [1.29, 1.82) is 0 Å². The van der Waals surface area contributed by atoms with Gasteiger partial charge in [-0.2, -0.15) is 5.10 Å². The van der Waals surface area contributed by atoms with Gasteiger partial charge in [0.2, 0.25) is 0 Å². The molecule has 2 aromatic rings. The number of esters is 1. The maximum absolute atomic E-state index is 11.5. The number of hydrogen-bond acceptors (Lipinski definition) is 4. The Kier molecular flexibility index (Phi) is 3.41. The summed E-state index contributed by atoms with van der Waals surface area (Å²) in [5, 5.41) is 4.13. The Morgan fingerprint density at radius 1 is 1.50 bits per heavy atom. The summed E-state index contributed by atoms with van der Waals surface area (Å²) in [5.41, 5.74) is 3.26. The van der Waals surface area contributed by atoms with Crippen molar-refractivity contribution in [3.05, 3.63) is 35.7 Å². The van der Waals surface area contributed by atoms with E-state index in [1.165, 1.54) is 13.3 Å². The van der Waals surface area contributed by atoms with Crippen LogP contribution in [0.15, 0.2) is 24.5 Å². The summed E-state index contributed by atoms with van der Waals surface area (Å²) < 4.78 is 6.46. The van der Waals surface area contributed by atoms with E-state index >= 15 is 0 Å². The zero-order valence-corrected chi connectivity index (χ0v) is 10.7. The quantitative estimate of drug-likeness (QED) is 0.774. The number of aromatic nitrogens is 3. The summed E-state index contributed by atoms with van der Waals surface area (Å²) >= 11 is 0. The number of pyridine rings is 1. The van der Waals surface area contributed by atoms with Gasteiger partial charge >= 0.3 is 5.97 Å². The minimum Gasteiger partial charge on any atom is -0.465 e. The third-order valence-corrected chi connectivity index (χ3v) is 2.83. The molecule has 0 saturated carbocycles. The van der Waals surface area contributed by atoms with Crippen molar-refractivity contribution in [2.45, 2.75) is 13.3 Å². The van der Waals surface area contributed by atoms with Crippen molar-refractivity contribution in [2.75, 3.05) is 7.11 Å². The number of methoxy groups -OCH3 is 1. The maximum Gasteiger partial charge on any atom is 0.339 e. The van der Waals surface area contributed by atoms with Gasteiger partial charge in [0.05, 0.1) is 24.1 Å². The largest absolute Gasteiger partial charge is 0.465 e. The summed E-state index contributed by atoms with van der Waals surface area (Å²) in [6.07, 6.45) is 4.05. The molecule has 94 valence electrons. The number of nitrogens with zero attached hydrogens (tertiary/aromatic N) is 3. The molecule has 0 aliphatic heterocycles. The van der Waals surface area contributed by atoms with Crippen molar-refractivity contribution in [3.8, 4) is 11.4 Å². The second-order valence-corrected chi connectivity index (χ2v) is 3.92. The molecule has 5 heteroatoms. The van der Waals surface area contributed by atoms with Crippen molar-refractivity contribution in [1.82, 2.24) is 14.8 Å². The molecule has 0 N–H and O–H groups in total. The van der Waals surface area contributed by atoms with Crippen LogP contribution in [0.2, 0.25) is 0 Å². The Morgan fingerprint density at radius 3 is 2.83 bits per heavy atom. The topological polar surface area (TPSA) is 57.0 Å². The molecule has 18 heavy (non-hydrogen) atoms. The molecule has 0 atom stereocenters. The van der Waals surface area contributed by atoms with E-state index in [1.54, 1.807) is 10.9 Å². The van der Waals surface area contributed by atoms with Gasteiger partial charge in [-0.15, -0.1) is 0 Å². The lowest BCUT2D eigenvalue weighted by molar-refractivity contribution is 0.0600. The zero-order valence-electron chi connectivity index (χ0n) is 10.7. The minimum atomic E-state index is -0.367. The highest BCUT2D eigenvalue weighted by molar-refractivity contribution is 5.89. The van der Waals surface area contributed by atoms with Gasteiger partial charge in [-0.05, 0) is 24.1 Å². The summed E-state index contributed by atoms with van der Waals surface area (Å²) in [6.45, 7) is 2.03. The van der Waals surface area contributed by atoms with Crippen LogP contribution < -0.4 is 0 Å². The van der Waals surface area contributed by atoms with E-state index in [1.807, 2.05) is 26.1 Å². The third kappa shape index (κ3) is 2.11. The third-order valence-electron chi connectivity index (χ3n) is 2.83. The molecular weight excluding hydrogens is 230 g/mol. The lowest BCUT2D eigenvalue weighted by Gasteiger charge is -2.08. The fourth-order valence-corrected chi connectivity index (χ4v) is 1.85. The smallest absolute Gasteiger partial charge is 0.339 e. The van der Waals surface area contributed by atoms with Crippen LogP contribution in [0.3, 0.4) is 0 Å². The van der Waals surface area contributed by atoms with Crippen LogP contribution in [0.4, 0.5) is 0 Å². The fraction of sp³-hybridized carbons (Fsp3) is 0.308. The van der Waals surface area contributed by atoms with E-state index < -0.39 is 0 Å². The predicted molar refractivity (Wildman–Crippen MR) is 67.2 cm³/mol. The highest BCUT2D eigenvalue weighted by Crippen LogP contribution is 2.22. The molecule has 0 radical (unpaired) electrons. The molecule has 2 rings (SSSR count). The molecule has 2 heterocycles. The lowest BCUT2D eigenvalue weighted by Crippen LogP contribution is -2.05. The van der Waals surface area contributed by atoms with E-state index in [-0.39, 0.29) is 5.97 Å². The van der Waals surface area contributed by atoms with Crippen LogP contribution in [0.25, 0.3) is 11.4 Å². The van der Waals surface area contributed by atoms with Crippen LogP contribution in [0, 0.1) is 0 Å². The number of hydrogen-bond donors (Lipinski definition) is 0. The molecule has 5 nitrogen and oxygen atoms in total. The summed E-state index contributed by atoms with van der Waals surface area (Å²) in [6, 6.07) is 3.72. The molecule has 0 aliphatic rings. The van der Waals surface area contributed by atoms with E-state index in [0.29, 0.717) is 5.56 Å². The molecule has 0 amide bonds. The van der Waals surface area contributed by atoms with Gasteiger partial charge in [0, 0.05) is 19.4 Å². The first-order valence-electron chi connectivity index (χ1n) is 5.73. The molecule has 0 saturated heterocycles. The molecule has 0 unspecified atom stereocenters. The number of rotatable bonds is 3. The van der Waals surface area contributed by atoms with Crippen molar-refractivity contribution in [2.24, 2.45) is 7.05 Å². The molecule has 0 spiro atoms. The van der Waals surface area contributed by atoms with Crippen LogP contribution in [-0.4, -0.2) is 27.8 Å². The highest BCUT2D eigenvalue weighted by atomic mass is 16.5. The number of carbonyl (C=O) groups is 1. The molecule has 0 bridgehead atoms. The summed E-state index contributed by atoms with van der Waals surface area (Å²) in [5.74, 6) is -0.367. The van der Waals surface area contributed by atoms with Gasteiger partial charge in [0.1, 0.15) is 0 Å². The second kappa shape index (κ2) is 5.00. The van der Waals surface area contributed by atoms with Gasteiger partial charge in [0.25, 0.3) is 0 Å². The summed E-state index contributed by atoms with van der Waals surface area (Å²) in [7, 11) is 3.23. The van der Waals surface area contributed by atoms with Crippen molar-refractivity contribution >= 4 is 5.97 Å². The van der Waals surface area contributed by atoms with Crippen LogP contribution >= 0.6 is 0 Å². The first-order chi connectivity index (χ1) is 8.67. The Balaban J connectivity index is 2.50. The van der Waals surface area contributed by atoms with E-state index in [9.17, 15) is 4.79 Å². The normalized spacial score (nSPS) is 10.4. The number of aryl methyl sites for hydroxylation is 2. The van der Waals surface area contributed by atoms with Gasteiger partial charge < -0.3 is 4.74 Å². The molecular formula is C13H15N3O2. The molecule has 0 aromatic carbocycles. The standard InChI is InChI=1S/C13H15N3O2/c1-4-9-7-10(13(17)18-3)8-14-12(9)11-5-6-15-16(11)2/h5-8H,4H2,1-3H3. The van der Waals surface area contributed by atoms with E-state index in [0.717, 1.165) is 23.4 Å². The minimum absolute atomic E-state index is 0.367. The average Bonchev–Trinajstić information content (AvgIpc) is 2.83. The second-order valence-electron chi connectivity index (χ2n) is 3.92. The van der Waals surface area contributed by atoms with Crippen LogP contribution in [-0.2, 0) is 18.2 Å². The van der Waals surface area contributed by atoms with Crippen molar-refractivity contribution < 1.29 is 9.53 Å². The fourth-order valence-electron chi connectivity index (χ4n) is 1.85. The van der Waals surface area contributed by atoms with Gasteiger partial charge in [-0.1, -0.05) is 6.92 Å². The van der Waals surface area contributed by atoms with Crippen LogP contribution in [0.5, 0.6) is 0 Å². The molecule has 0 fully saturated rings. The molecule has 0 aliphatic carbocycles. The Labute approximate surface area is 105 Å². The highest BCUT2D eigenvalue weighted by Gasteiger charge is 2.13. The first-order valence-corrected chi connectivity index (χ1v) is 5.73. The van der Waals surface area contributed by atoms with Gasteiger partial charge in [0.15, 0.2) is 0 Å². The van der Waals surface area contributed by atoms with Gasteiger partial charge in [-0.3, -0.25) is 9.67 Å². The van der Waals surface area contributed by atoms with Crippen molar-refractivity contribution in [3.63, 3.8) is 0 Å². The van der Waals surface area contributed by atoms with Gasteiger partial charge in [-0.25, -0.2) is 4.79 Å². The lowest BCUT2D eigenvalue weighted by atomic mass is 10.1. The summed E-state index contributed by atoms with van der Waals surface area (Å²) in [4.78, 5) is 15.8. The molecule has 2 aromatic heterocycles. The number of carbonyl (C=O) groups excluding carboxylic acids is 1. The zero-order chi connectivity index (χ0) is 13.1. The van der Waals surface area contributed by atoms with E-state index in [2.05, 4.69) is 10.1 Å². The first kappa shape index (κ1) is 12.3. The van der Waals surface area contributed by atoms with E-state index in [4.69, 9.17) is 4.74 Å². The number of ether oxygens (including phenoxy) is 1. The Morgan fingerprint density at radius 2 is 2.28 bits per heavy atom. The Hall–Kier alpha value is -2.17. The predicted octanol–water partition coefficient (Wildman–Crippen LogP) is 1.83. The average molecular weight is 245 g/mol. The SMILES string of the molecule is CCc1cc(C(=O)OC)cnc1-c1ccnn1C. The Bertz CT molecular complexity index is 575. The maximum atomic E-state index is 11.5. The monoisotopic (exact) mass is 245 g/mol. The van der Waals surface area contributed by atoms with Crippen LogP contribution in [0.1, 0.15) is 22.8 Å².